The summed E-state index contributed by atoms with van der Waals surface area (Å²) in [6, 6.07) is -0.984. The van der Waals surface area contributed by atoms with Crippen LogP contribution in [0.1, 0.15) is 60.8 Å². The van der Waals surface area contributed by atoms with Gasteiger partial charge in [-0.25, -0.2) is 0 Å². The van der Waals surface area contributed by atoms with E-state index in [1.165, 1.54) is 4.90 Å². The van der Waals surface area contributed by atoms with Crippen molar-refractivity contribution in [3.8, 4) is 0 Å². The van der Waals surface area contributed by atoms with Crippen LogP contribution in [-0.2, 0) is 14.4 Å². The molecule has 0 unspecified atom stereocenters. The van der Waals surface area contributed by atoms with E-state index < -0.39 is 12.1 Å². The van der Waals surface area contributed by atoms with E-state index in [2.05, 4.69) is 13.8 Å². The summed E-state index contributed by atoms with van der Waals surface area (Å²) in [7, 11) is 3.36. The average molecular weight is 341 g/mol. The lowest BCUT2D eigenvalue weighted by Gasteiger charge is -2.35. The third kappa shape index (κ3) is 7.02. The molecule has 0 aliphatic carbocycles. The van der Waals surface area contributed by atoms with Crippen molar-refractivity contribution in [2.75, 3.05) is 14.1 Å². The number of carbonyl (C=O) groups is 3. The number of amides is 2. The fourth-order valence-electron chi connectivity index (χ4n) is 2.71. The highest BCUT2D eigenvalue weighted by molar-refractivity contribution is 5.89. The van der Waals surface area contributed by atoms with E-state index in [4.69, 9.17) is 0 Å². The molecular weight excluding hydrogens is 304 g/mol. The Morgan fingerprint density at radius 1 is 0.917 bits per heavy atom. The second kappa shape index (κ2) is 10.5. The predicted molar refractivity (Wildman–Crippen MR) is 97.5 cm³/mol. The summed E-state index contributed by atoms with van der Waals surface area (Å²) in [6.07, 6.45) is 2.66. The van der Waals surface area contributed by atoms with Crippen LogP contribution in [0.2, 0.25) is 0 Å². The minimum Gasteiger partial charge on any atom is -0.334 e. The summed E-state index contributed by atoms with van der Waals surface area (Å²) in [6.45, 7) is 12.1. The molecule has 0 spiro atoms. The summed E-state index contributed by atoms with van der Waals surface area (Å²) < 4.78 is 0. The third-order valence-electron chi connectivity index (χ3n) is 4.39. The van der Waals surface area contributed by atoms with Gasteiger partial charge in [0.25, 0.3) is 0 Å². The fourth-order valence-corrected chi connectivity index (χ4v) is 2.71. The maximum atomic E-state index is 12.9. The summed E-state index contributed by atoms with van der Waals surface area (Å²) >= 11 is 0. The van der Waals surface area contributed by atoms with E-state index in [0.29, 0.717) is 18.8 Å². The molecule has 0 fully saturated rings. The topological polar surface area (TPSA) is 57.7 Å². The summed E-state index contributed by atoms with van der Waals surface area (Å²) in [4.78, 5) is 39.8. The molecule has 0 saturated heterocycles. The quantitative estimate of drug-likeness (QED) is 0.575. The van der Waals surface area contributed by atoms with Crippen LogP contribution in [0.15, 0.2) is 0 Å². The number of likely N-dealkylation sites (N-methyl/N-ethyl adjacent to an activating group) is 2. The molecule has 0 N–H and O–H groups in total. The van der Waals surface area contributed by atoms with Crippen molar-refractivity contribution in [1.82, 2.24) is 9.80 Å². The van der Waals surface area contributed by atoms with Crippen molar-refractivity contribution >= 4 is 18.1 Å². The molecule has 0 aliphatic rings. The predicted octanol–water partition coefficient (Wildman–Crippen LogP) is 2.98. The van der Waals surface area contributed by atoms with Crippen LogP contribution < -0.4 is 0 Å². The molecule has 0 saturated carbocycles. The van der Waals surface area contributed by atoms with Gasteiger partial charge >= 0.3 is 0 Å². The SMILES string of the molecule is CC(C)CCC(=O)N(C)[C@@H](CC(C)C)C(=O)N(C)[C@H](C=O)C(C)C. The highest BCUT2D eigenvalue weighted by atomic mass is 16.2. The molecule has 0 aromatic rings. The summed E-state index contributed by atoms with van der Waals surface area (Å²) in [5.41, 5.74) is 0. The molecule has 2 amide bonds. The van der Waals surface area contributed by atoms with Crippen molar-refractivity contribution < 1.29 is 14.4 Å². The number of aldehydes is 1. The molecule has 0 radical (unpaired) electrons. The molecule has 0 aromatic carbocycles. The van der Waals surface area contributed by atoms with Gasteiger partial charge in [0.1, 0.15) is 12.3 Å². The van der Waals surface area contributed by atoms with Gasteiger partial charge in [0.05, 0.1) is 6.04 Å². The molecule has 0 aromatic heterocycles. The Bertz CT molecular complexity index is 419. The van der Waals surface area contributed by atoms with Crippen LogP contribution in [-0.4, -0.2) is 54.1 Å². The Labute approximate surface area is 147 Å². The van der Waals surface area contributed by atoms with Crippen LogP contribution in [0.3, 0.4) is 0 Å². The Morgan fingerprint density at radius 3 is 1.83 bits per heavy atom. The Balaban J connectivity index is 5.26. The van der Waals surface area contributed by atoms with Gasteiger partial charge in [-0.3, -0.25) is 9.59 Å². The monoisotopic (exact) mass is 340 g/mol. The van der Waals surface area contributed by atoms with Crippen LogP contribution in [0.25, 0.3) is 0 Å². The highest BCUT2D eigenvalue weighted by Crippen LogP contribution is 2.18. The normalized spacial score (nSPS) is 14.0. The number of carbonyl (C=O) groups excluding carboxylic acids is 3. The molecule has 0 rings (SSSR count). The first-order valence-electron chi connectivity index (χ1n) is 9.00. The zero-order chi connectivity index (χ0) is 19.0. The lowest BCUT2D eigenvalue weighted by molar-refractivity contribution is -0.147. The zero-order valence-corrected chi connectivity index (χ0v) is 16.7. The number of rotatable bonds is 10. The second-order valence-electron chi connectivity index (χ2n) is 7.90. The van der Waals surface area contributed by atoms with E-state index in [1.807, 2.05) is 27.7 Å². The van der Waals surface area contributed by atoms with Gasteiger partial charge in [0.2, 0.25) is 11.8 Å². The van der Waals surface area contributed by atoms with E-state index in [-0.39, 0.29) is 23.7 Å². The van der Waals surface area contributed by atoms with Crippen molar-refractivity contribution in [3.63, 3.8) is 0 Å². The van der Waals surface area contributed by atoms with E-state index in [1.54, 1.807) is 19.0 Å². The van der Waals surface area contributed by atoms with Gasteiger partial charge in [-0.05, 0) is 30.6 Å². The molecule has 5 heteroatoms. The standard InChI is InChI=1S/C19H36N2O3/c1-13(2)9-10-18(23)20(7)16(11-14(3)4)19(24)21(8)17(12-22)15(5)6/h12-17H,9-11H2,1-8H3/t16-,17+/m0/s1. The molecule has 0 bridgehead atoms. The van der Waals surface area contributed by atoms with Crippen molar-refractivity contribution in [1.29, 1.82) is 0 Å². The fraction of sp³-hybridized carbons (Fsp3) is 0.842. The lowest BCUT2D eigenvalue weighted by atomic mass is 9.98. The van der Waals surface area contributed by atoms with Gasteiger partial charge in [-0.1, -0.05) is 41.5 Å². The van der Waals surface area contributed by atoms with Crippen molar-refractivity contribution in [2.45, 2.75) is 72.9 Å². The van der Waals surface area contributed by atoms with Crippen LogP contribution in [0.4, 0.5) is 0 Å². The van der Waals surface area contributed by atoms with E-state index in [9.17, 15) is 14.4 Å². The van der Waals surface area contributed by atoms with Crippen LogP contribution in [0, 0.1) is 17.8 Å². The van der Waals surface area contributed by atoms with Crippen molar-refractivity contribution in [3.05, 3.63) is 0 Å². The minimum absolute atomic E-state index is 0.0108. The maximum Gasteiger partial charge on any atom is 0.245 e. The first kappa shape index (κ1) is 22.6. The van der Waals surface area contributed by atoms with E-state index >= 15 is 0 Å². The molecule has 0 heterocycles. The average Bonchev–Trinajstić information content (AvgIpc) is 2.48. The molecule has 0 aliphatic heterocycles. The van der Waals surface area contributed by atoms with Crippen molar-refractivity contribution in [2.24, 2.45) is 17.8 Å². The van der Waals surface area contributed by atoms with Gasteiger partial charge < -0.3 is 14.6 Å². The second-order valence-corrected chi connectivity index (χ2v) is 7.90. The first-order chi connectivity index (χ1) is 11.0. The maximum absolute atomic E-state index is 12.9. The van der Waals surface area contributed by atoms with Crippen LogP contribution >= 0.6 is 0 Å². The molecular formula is C19H36N2O3. The third-order valence-corrected chi connectivity index (χ3v) is 4.39. The summed E-state index contributed by atoms with van der Waals surface area (Å²) in [5, 5.41) is 0. The number of hydrogen-bond acceptors (Lipinski definition) is 3. The number of hydrogen-bond donors (Lipinski definition) is 0. The van der Waals surface area contributed by atoms with E-state index in [0.717, 1.165) is 12.7 Å². The number of nitrogens with zero attached hydrogens (tertiary/aromatic N) is 2. The summed E-state index contributed by atoms with van der Waals surface area (Å²) in [5.74, 6) is 0.599. The largest absolute Gasteiger partial charge is 0.334 e. The van der Waals surface area contributed by atoms with Crippen LogP contribution in [0.5, 0.6) is 0 Å². The van der Waals surface area contributed by atoms with Gasteiger partial charge in [-0.15, -0.1) is 0 Å². The van der Waals surface area contributed by atoms with Gasteiger partial charge in [-0.2, -0.15) is 0 Å². The minimum atomic E-state index is -0.518. The smallest absolute Gasteiger partial charge is 0.245 e. The highest BCUT2D eigenvalue weighted by Gasteiger charge is 2.33. The first-order valence-corrected chi connectivity index (χ1v) is 9.00. The zero-order valence-electron chi connectivity index (χ0n) is 16.7. The Hall–Kier alpha value is -1.39. The molecule has 2 atom stereocenters. The van der Waals surface area contributed by atoms with Gasteiger partial charge in [0, 0.05) is 20.5 Å². The lowest BCUT2D eigenvalue weighted by Crippen LogP contribution is -2.53. The Kier molecular flexibility index (Phi) is 9.86. The molecule has 24 heavy (non-hydrogen) atoms. The Morgan fingerprint density at radius 2 is 1.46 bits per heavy atom. The molecule has 5 nitrogen and oxygen atoms in total. The molecule has 140 valence electrons. The van der Waals surface area contributed by atoms with Gasteiger partial charge in [0.15, 0.2) is 0 Å².